The molecule has 0 spiro atoms. The lowest BCUT2D eigenvalue weighted by Gasteiger charge is -2.36. The van der Waals surface area contributed by atoms with Crippen LogP contribution in [0.4, 0.5) is 11.4 Å². The third-order valence-electron chi connectivity index (χ3n) is 6.25. The standard InChI is InChI=1S/C27H23Cl2N3O2S/c1-30-23-16-19(26(33)32-14-12-31(13-15-32)21-9-7-20(28)8-10-21)6-11-24(23)35-25(27(30)34)17-18-4-2-3-5-22(18)29/h2-11,16-17H,12-15H2,1H3. The summed E-state index contributed by atoms with van der Waals surface area (Å²) in [6.45, 7) is 2.77. The van der Waals surface area contributed by atoms with Gasteiger partial charge in [0.25, 0.3) is 11.8 Å². The van der Waals surface area contributed by atoms with E-state index in [0.717, 1.165) is 34.9 Å². The molecule has 0 N–H and O–H groups in total. The lowest BCUT2D eigenvalue weighted by molar-refractivity contribution is -0.114. The molecule has 35 heavy (non-hydrogen) atoms. The summed E-state index contributed by atoms with van der Waals surface area (Å²) in [6, 6.07) is 20.8. The highest BCUT2D eigenvalue weighted by Gasteiger charge is 2.29. The van der Waals surface area contributed by atoms with E-state index in [1.165, 1.54) is 11.8 Å². The number of rotatable bonds is 3. The van der Waals surface area contributed by atoms with Crippen molar-refractivity contribution in [2.75, 3.05) is 43.0 Å². The van der Waals surface area contributed by atoms with Crippen LogP contribution in [-0.4, -0.2) is 49.9 Å². The second-order valence-corrected chi connectivity index (χ2v) is 10.4. The Morgan fingerprint density at radius 2 is 1.66 bits per heavy atom. The van der Waals surface area contributed by atoms with E-state index in [2.05, 4.69) is 4.90 Å². The molecule has 0 aromatic heterocycles. The SMILES string of the molecule is CN1C(=O)C(=Cc2ccccc2Cl)Sc2ccc(C(=O)N3CCN(c4ccc(Cl)cc4)CC3)cc21. The highest BCUT2D eigenvalue weighted by Crippen LogP contribution is 2.42. The number of amides is 2. The van der Waals surface area contributed by atoms with Crippen molar-refractivity contribution in [1.82, 2.24) is 4.90 Å². The number of benzene rings is 3. The monoisotopic (exact) mass is 523 g/mol. The maximum Gasteiger partial charge on any atom is 0.264 e. The van der Waals surface area contributed by atoms with Gasteiger partial charge in [0.15, 0.2) is 0 Å². The first-order valence-corrected chi connectivity index (χ1v) is 12.8. The van der Waals surface area contributed by atoms with Crippen LogP contribution in [0.2, 0.25) is 10.0 Å². The lowest BCUT2D eigenvalue weighted by Crippen LogP contribution is -2.48. The number of anilines is 2. The predicted octanol–water partition coefficient (Wildman–Crippen LogP) is 6.07. The van der Waals surface area contributed by atoms with E-state index in [4.69, 9.17) is 23.2 Å². The van der Waals surface area contributed by atoms with Crippen molar-refractivity contribution in [2.45, 2.75) is 4.90 Å². The minimum atomic E-state index is -0.122. The topological polar surface area (TPSA) is 43.9 Å². The number of carbonyl (C=O) groups excluding carboxylic acids is 2. The number of piperazine rings is 1. The maximum absolute atomic E-state index is 13.3. The Morgan fingerprint density at radius 1 is 0.943 bits per heavy atom. The number of hydrogen-bond acceptors (Lipinski definition) is 4. The van der Waals surface area contributed by atoms with Crippen molar-refractivity contribution in [3.05, 3.63) is 92.8 Å². The Hall–Kier alpha value is -2.93. The van der Waals surface area contributed by atoms with Crippen LogP contribution in [0, 0.1) is 0 Å². The summed E-state index contributed by atoms with van der Waals surface area (Å²) in [4.78, 5) is 33.6. The van der Waals surface area contributed by atoms with Gasteiger partial charge < -0.3 is 14.7 Å². The van der Waals surface area contributed by atoms with E-state index in [1.807, 2.05) is 71.6 Å². The third-order valence-corrected chi connectivity index (χ3v) is 7.93. The van der Waals surface area contributed by atoms with E-state index < -0.39 is 0 Å². The number of likely N-dealkylation sites (N-methyl/N-ethyl adjacent to an activating group) is 1. The maximum atomic E-state index is 13.3. The van der Waals surface area contributed by atoms with Crippen LogP contribution < -0.4 is 9.80 Å². The molecule has 0 saturated carbocycles. The fourth-order valence-electron chi connectivity index (χ4n) is 4.26. The molecular formula is C27H23Cl2N3O2S. The first-order chi connectivity index (χ1) is 16.9. The molecule has 0 atom stereocenters. The van der Waals surface area contributed by atoms with Crippen molar-refractivity contribution in [1.29, 1.82) is 0 Å². The Labute approximate surface area is 218 Å². The molecule has 2 heterocycles. The van der Waals surface area contributed by atoms with Crippen LogP contribution in [0.1, 0.15) is 15.9 Å². The molecule has 0 aliphatic carbocycles. The summed E-state index contributed by atoms with van der Waals surface area (Å²) in [5.74, 6) is -0.143. The largest absolute Gasteiger partial charge is 0.368 e. The molecule has 8 heteroatoms. The second-order valence-electron chi connectivity index (χ2n) is 8.43. The van der Waals surface area contributed by atoms with Gasteiger partial charge >= 0.3 is 0 Å². The molecule has 0 bridgehead atoms. The first-order valence-electron chi connectivity index (χ1n) is 11.3. The summed E-state index contributed by atoms with van der Waals surface area (Å²) in [5, 5.41) is 1.31. The van der Waals surface area contributed by atoms with E-state index in [9.17, 15) is 9.59 Å². The van der Waals surface area contributed by atoms with Gasteiger partial charge in [0, 0.05) is 59.4 Å². The molecule has 3 aromatic rings. The fraction of sp³-hybridized carbons (Fsp3) is 0.185. The van der Waals surface area contributed by atoms with Crippen LogP contribution in [0.3, 0.4) is 0 Å². The Bertz CT molecular complexity index is 1320. The zero-order chi connectivity index (χ0) is 24.5. The quantitative estimate of drug-likeness (QED) is 0.391. The number of nitrogens with zero attached hydrogens (tertiary/aromatic N) is 3. The Balaban J connectivity index is 1.31. The predicted molar refractivity (Wildman–Crippen MR) is 145 cm³/mol. The first kappa shape index (κ1) is 23.8. The number of hydrogen-bond donors (Lipinski definition) is 0. The van der Waals surface area contributed by atoms with E-state index in [-0.39, 0.29) is 11.8 Å². The number of carbonyl (C=O) groups is 2. The van der Waals surface area contributed by atoms with Gasteiger partial charge in [-0.25, -0.2) is 0 Å². The zero-order valence-corrected chi connectivity index (χ0v) is 21.4. The molecule has 1 saturated heterocycles. The van der Waals surface area contributed by atoms with Crippen LogP contribution in [0.15, 0.2) is 76.5 Å². The molecule has 5 nitrogen and oxygen atoms in total. The van der Waals surface area contributed by atoms with Gasteiger partial charge in [-0.3, -0.25) is 9.59 Å². The highest BCUT2D eigenvalue weighted by atomic mass is 35.5. The van der Waals surface area contributed by atoms with Crippen LogP contribution in [0.25, 0.3) is 6.08 Å². The van der Waals surface area contributed by atoms with Gasteiger partial charge in [-0.1, -0.05) is 53.2 Å². The van der Waals surface area contributed by atoms with Gasteiger partial charge in [0.1, 0.15) is 0 Å². The molecule has 2 aliphatic heterocycles. The number of halogens is 2. The van der Waals surface area contributed by atoms with Crippen molar-refractivity contribution in [2.24, 2.45) is 0 Å². The van der Waals surface area contributed by atoms with Crippen LogP contribution >= 0.6 is 35.0 Å². The fourth-order valence-corrected chi connectivity index (χ4v) is 5.66. The second kappa shape index (κ2) is 9.97. The van der Waals surface area contributed by atoms with Gasteiger partial charge in [0.2, 0.25) is 0 Å². The molecule has 178 valence electrons. The third kappa shape index (κ3) is 4.92. The Kier molecular flexibility index (Phi) is 6.78. The van der Waals surface area contributed by atoms with Crippen molar-refractivity contribution < 1.29 is 9.59 Å². The van der Waals surface area contributed by atoms with E-state index in [0.29, 0.717) is 33.6 Å². The number of fused-ring (bicyclic) bond motifs is 1. The van der Waals surface area contributed by atoms with Crippen molar-refractivity contribution >= 4 is 64.2 Å². The van der Waals surface area contributed by atoms with Gasteiger partial charge in [-0.15, -0.1) is 0 Å². The summed E-state index contributed by atoms with van der Waals surface area (Å²) < 4.78 is 0. The minimum absolute atomic E-state index is 0.0215. The molecule has 3 aromatic carbocycles. The summed E-state index contributed by atoms with van der Waals surface area (Å²) in [7, 11) is 1.74. The smallest absolute Gasteiger partial charge is 0.264 e. The van der Waals surface area contributed by atoms with Gasteiger partial charge in [-0.05, 0) is 60.2 Å². The molecule has 0 radical (unpaired) electrons. The van der Waals surface area contributed by atoms with E-state index in [1.54, 1.807) is 18.0 Å². The lowest BCUT2D eigenvalue weighted by atomic mass is 10.1. The molecule has 2 aliphatic rings. The molecule has 1 fully saturated rings. The normalized spacial score (nSPS) is 17.1. The number of thioether (sulfide) groups is 1. The minimum Gasteiger partial charge on any atom is -0.368 e. The average Bonchev–Trinajstić information content (AvgIpc) is 2.88. The summed E-state index contributed by atoms with van der Waals surface area (Å²) in [5.41, 5.74) is 3.23. The molecule has 5 rings (SSSR count). The van der Waals surface area contributed by atoms with Crippen molar-refractivity contribution in [3.8, 4) is 0 Å². The van der Waals surface area contributed by atoms with Gasteiger partial charge in [0.05, 0.1) is 10.6 Å². The average molecular weight is 524 g/mol. The van der Waals surface area contributed by atoms with Gasteiger partial charge in [-0.2, -0.15) is 0 Å². The summed E-state index contributed by atoms with van der Waals surface area (Å²) >= 11 is 13.7. The molecule has 0 unspecified atom stereocenters. The van der Waals surface area contributed by atoms with Crippen molar-refractivity contribution in [3.63, 3.8) is 0 Å². The van der Waals surface area contributed by atoms with E-state index >= 15 is 0 Å². The Morgan fingerprint density at radius 3 is 2.37 bits per heavy atom. The van der Waals surface area contributed by atoms with Crippen LogP contribution in [-0.2, 0) is 4.79 Å². The molecular weight excluding hydrogens is 501 g/mol. The zero-order valence-electron chi connectivity index (χ0n) is 19.1. The molecule has 2 amide bonds. The van der Waals surface area contributed by atoms with Crippen LogP contribution in [0.5, 0.6) is 0 Å². The summed E-state index contributed by atoms with van der Waals surface area (Å²) in [6.07, 6.45) is 1.81. The highest BCUT2D eigenvalue weighted by molar-refractivity contribution is 8.04.